The first kappa shape index (κ1) is 13.7. The lowest BCUT2D eigenvalue weighted by molar-refractivity contribution is -0.116. The van der Waals surface area contributed by atoms with Crippen molar-refractivity contribution in [1.82, 2.24) is 0 Å². The van der Waals surface area contributed by atoms with Crippen molar-refractivity contribution in [3.05, 3.63) is 29.8 Å². The van der Waals surface area contributed by atoms with Crippen molar-refractivity contribution in [3.8, 4) is 0 Å². The summed E-state index contributed by atoms with van der Waals surface area (Å²) in [5.41, 5.74) is 7.50. The normalized spacial score (nSPS) is 12.2. The van der Waals surface area contributed by atoms with E-state index in [0.29, 0.717) is 13.0 Å². The van der Waals surface area contributed by atoms with Gasteiger partial charge >= 0.3 is 0 Å². The zero-order valence-electron chi connectivity index (χ0n) is 10.4. The van der Waals surface area contributed by atoms with Gasteiger partial charge in [-0.2, -0.15) is 0 Å². The summed E-state index contributed by atoms with van der Waals surface area (Å²) in [5.74, 6) is -0.0529. The first-order valence-electron chi connectivity index (χ1n) is 5.79. The van der Waals surface area contributed by atoms with E-state index in [2.05, 4.69) is 5.32 Å². The van der Waals surface area contributed by atoms with E-state index in [0.717, 1.165) is 17.7 Å². The fraction of sp³-hybridized carbons (Fsp3) is 0.462. The predicted octanol–water partition coefficient (Wildman–Crippen LogP) is 1.90. The van der Waals surface area contributed by atoms with Crippen molar-refractivity contribution in [1.29, 1.82) is 0 Å². The molecule has 0 saturated heterocycles. The van der Waals surface area contributed by atoms with Crippen LogP contribution in [0.25, 0.3) is 0 Å². The van der Waals surface area contributed by atoms with Crippen molar-refractivity contribution in [2.45, 2.75) is 32.4 Å². The molecule has 4 nitrogen and oxygen atoms in total. The number of anilines is 1. The highest BCUT2D eigenvalue weighted by Crippen LogP contribution is 2.16. The minimum absolute atomic E-state index is 0.0529. The summed E-state index contributed by atoms with van der Waals surface area (Å²) in [5, 5.41) is 2.86. The van der Waals surface area contributed by atoms with Crippen LogP contribution < -0.4 is 11.1 Å². The van der Waals surface area contributed by atoms with Crippen molar-refractivity contribution in [3.63, 3.8) is 0 Å². The number of hydrogen-bond acceptors (Lipinski definition) is 3. The first-order chi connectivity index (χ1) is 8.17. The molecule has 0 spiro atoms. The van der Waals surface area contributed by atoms with Crippen molar-refractivity contribution < 1.29 is 9.53 Å². The lowest BCUT2D eigenvalue weighted by Crippen LogP contribution is -2.26. The Hall–Kier alpha value is -1.39. The number of para-hydroxylation sites is 1. The summed E-state index contributed by atoms with van der Waals surface area (Å²) >= 11 is 0. The third-order valence-corrected chi connectivity index (χ3v) is 2.56. The zero-order chi connectivity index (χ0) is 12.7. The number of ether oxygens (including phenoxy) is 1. The van der Waals surface area contributed by atoms with Gasteiger partial charge in [-0.15, -0.1) is 0 Å². The highest BCUT2D eigenvalue weighted by molar-refractivity contribution is 5.91. The van der Waals surface area contributed by atoms with Crippen LogP contribution in [0.5, 0.6) is 0 Å². The molecule has 1 unspecified atom stereocenters. The highest BCUT2D eigenvalue weighted by Gasteiger charge is 2.09. The molecule has 17 heavy (non-hydrogen) atoms. The average molecular weight is 236 g/mol. The van der Waals surface area contributed by atoms with E-state index in [1.54, 1.807) is 7.11 Å². The summed E-state index contributed by atoms with van der Waals surface area (Å²) in [7, 11) is 1.63. The summed E-state index contributed by atoms with van der Waals surface area (Å²) < 4.78 is 5.08. The standard InChI is InChI=1S/C13H20N2O2/c1-3-11(14)8-13(16)15-12-7-5-4-6-10(12)9-17-2/h4-7,11H,3,8-9,14H2,1-2H3,(H,15,16). The van der Waals surface area contributed by atoms with Gasteiger partial charge in [0, 0.05) is 30.8 Å². The highest BCUT2D eigenvalue weighted by atomic mass is 16.5. The number of carbonyl (C=O) groups excluding carboxylic acids is 1. The Morgan fingerprint density at radius 1 is 1.47 bits per heavy atom. The van der Waals surface area contributed by atoms with Crippen LogP contribution in [0.4, 0.5) is 5.69 Å². The molecule has 94 valence electrons. The van der Waals surface area contributed by atoms with Gasteiger partial charge in [0.25, 0.3) is 0 Å². The zero-order valence-corrected chi connectivity index (χ0v) is 10.4. The lowest BCUT2D eigenvalue weighted by Gasteiger charge is -2.12. The third-order valence-electron chi connectivity index (χ3n) is 2.56. The fourth-order valence-electron chi connectivity index (χ4n) is 1.51. The smallest absolute Gasteiger partial charge is 0.225 e. The molecular weight excluding hydrogens is 216 g/mol. The maximum absolute atomic E-state index is 11.7. The largest absolute Gasteiger partial charge is 0.380 e. The Morgan fingerprint density at radius 2 is 2.18 bits per heavy atom. The molecule has 0 saturated carbocycles. The maximum atomic E-state index is 11.7. The number of nitrogens with one attached hydrogen (secondary N) is 1. The molecule has 3 N–H and O–H groups in total. The van der Waals surface area contributed by atoms with E-state index < -0.39 is 0 Å². The second-order valence-electron chi connectivity index (χ2n) is 4.01. The maximum Gasteiger partial charge on any atom is 0.225 e. The number of benzene rings is 1. The van der Waals surface area contributed by atoms with Gasteiger partial charge in [0.05, 0.1) is 6.61 Å². The van der Waals surface area contributed by atoms with Crippen molar-refractivity contribution >= 4 is 11.6 Å². The molecule has 0 aliphatic carbocycles. The van der Waals surface area contributed by atoms with Crippen LogP contribution in [-0.4, -0.2) is 19.1 Å². The van der Waals surface area contributed by atoms with Crippen molar-refractivity contribution in [2.75, 3.05) is 12.4 Å². The molecule has 1 atom stereocenters. The second-order valence-corrected chi connectivity index (χ2v) is 4.01. The Bertz CT molecular complexity index is 366. The third kappa shape index (κ3) is 4.54. The molecule has 0 fully saturated rings. The van der Waals surface area contributed by atoms with Crippen LogP contribution in [0.3, 0.4) is 0 Å². The summed E-state index contributed by atoms with van der Waals surface area (Å²) in [6.07, 6.45) is 1.14. The van der Waals surface area contributed by atoms with Gasteiger partial charge in [0.1, 0.15) is 0 Å². The van der Waals surface area contributed by atoms with Crippen molar-refractivity contribution in [2.24, 2.45) is 5.73 Å². The van der Waals surface area contributed by atoms with Gasteiger partial charge in [0.2, 0.25) is 5.91 Å². The minimum Gasteiger partial charge on any atom is -0.380 e. The average Bonchev–Trinajstić information content (AvgIpc) is 2.31. The second kappa shape index (κ2) is 7.04. The van der Waals surface area contributed by atoms with Gasteiger partial charge in [-0.1, -0.05) is 25.1 Å². The van der Waals surface area contributed by atoms with E-state index in [9.17, 15) is 4.79 Å². The topological polar surface area (TPSA) is 64.4 Å². The lowest BCUT2D eigenvalue weighted by atomic mass is 10.1. The Morgan fingerprint density at radius 3 is 2.82 bits per heavy atom. The molecule has 0 aliphatic heterocycles. The molecule has 1 amide bonds. The molecule has 4 heteroatoms. The number of amides is 1. The van der Waals surface area contributed by atoms with Gasteiger partial charge in [-0.25, -0.2) is 0 Å². The molecule has 1 rings (SSSR count). The van der Waals surface area contributed by atoms with Gasteiger partial charge in [-0.3, -0.25) is 4.79 Å². The van der Waals surface area contributed by atoms with Crippen LogP contribution in [0.2, 0.25) is 0 Å². The van der Waals surface area contributed by atoms with Gasteiger partial charge in [0.15, 0.2) is 0 Å². The van der Waals surface area contributed by atoms with E-state index in [1.807, 2.05) is 31.2 Å². The number of methoxy groups -OCH3 is 1. The van der Waals surface area contributed by atoms with E-state index in [1.165, 1.54) is 0 Å². The molecule has 1 aromatic rings. The van der Waals surface area contributed by atoms with Gasteiger partial charge < -0.3 is 15.8 Å². The SMILES string of the molecule is CCC(N)CC(=O)Nc1ccccc1COC. The molecule has 0 aromatic heterocycles. The quantitative estimate of drug-likeness (QED) is 0.793. The first-order valence-corrected chi connectivity index (χ1v) is 5.79. The fourth-order valence-corrected chi connectivity index (χ4v) is 1.51. The summed E-state index contributed by atoms with van der Waals surface area (Å²) in [4.78, 5) is 11.7. The molecular formula is C13H20N2O2. The van der Waals surface area contributed by atoms with E-state index in [4.69, 9.17) is 10.5 Å². The molecule has 1 aromatic carbocycles. The van der Waals surface area contributed by atoms with Crippen LogP contribution in [0, 0.1) is 0 Å². The Labute approximate surface area is 102 Å². The van der Waals surface area contributed by atoms with E-state index in [-0.39, 0.29) is 11.9 Å². The number of rotatable bonds is 6. The van der Waals surface area contributed by atoms with Gasteiger partial charge in [-0.05, 0) is 12.5 Å². The Kier molecular flexibility index (Phi) is 5.66. The van der Waals surface area contributed by atoms with Crippen LogP contribution in [-0.2, 0) is 16.1 Å². The minimum atomic E-state index is -0.0791. The summed E-state index contributed by atoms with van der Waals surface area (Å²) in [6.45, 7) is 2.45. The van der Waals surface area contributed by atoms with E-state index >= 15 is 0 Å². The molecule has 0 aliphatic rings. The number of carbonyl (C=O) groups is 1. The predicted molar refractivity (Wildman–Crippen MR) is 68.7 cm³/mol. The molecule has 0 heterocycles. The Balaban J connectivity index is 2.64. The summed E-state index contributed by atoms with van der Waals surface area (Å²) in [6, 6.07) is 7.52. The number of nitrogens with two attached hydrogens (primary N) is 1. The molecule has 0 radical (unpaired) electrons. The molecule has 0 bridgehead atoms. The number of hydrogen-bond donors (Lipinski definition) is 2. The van der Waals surface area contributed by atoms with Crippen LogP contribution in [0.1, 0.15) is 25.3 Å². The van der Waals surface area contributed by atoms with Crippen LogP contribution in [0.15, 0.2) is 24.3 Å². The monoisotopic (exact) mass is 236 g/mol. The van der Waals surface area contributed by atoms with Crippen LogP contribution >= 0.6 is 0 Å².